The van der Waals surface area contributed by atoms with Crippen LogP contribution in [0.2, 0.25) is 0 Å². The molecule has 2 atom stereocenters. The molecule has 0 aliphatic heterocycles. The Morgan fingerprint density at radius 3 is 1.44 bits per heavy atom. The molecule has 5 rings (SSSR count). The highest BCUT2D eigenvalue weighted by Gasteiger charge is 2.32. The van der Waals surface area contributed by atoms with E-state index in [4.69, 9.17) is 0 Å². The van der Waals surface area contributed by atoms with E-state index in [1.165, 1.54) is 44.2 Å². The Hall–Kier alpha value is -2.86. The Morgan fingerprint density at radius 2 is 1.00 bits per heavy atom. The van der Waals surface area contributed by atoms with Crippen molar-refractivity contribution in [3.8, 4) is 0 Å². The minimum Gasteiger partial charge on any atom is -0.0622 e. The van der Waals surface area contributed by atoms with Gasteiger partial charge < -0.3 is 0 Å². The van der Waals surface area contributed by atoms with Crippen molar-refractivity contribution >= 4 is 10.8 Å². The Balaban J connectivity index is 1.86. The average Bonchev–Trinajstić information content (AvgIpc) is 2.73. The highest BCUT2D eigenvalue weighted by atomic mass is 14.4. The lowest BCUT2D eigenvalue weighted by Gasteiger charge is -2.35. The molecule has 0 heteroatoms. The highest BCUT2D eigenvalue weighted by molar-refractivity contribution is 5.93. The van der Waals surface area contributed by atoms with E-state index in [0.717, 1.165) is 6.42 Å². The standard InChI is InChI=1S/C27H24/c1-18-13-15-22-16-14-19(2)26-24(21-11-7-4-8-12-21)17-23(25(18)27(22)26)20-9-5-3-6-10-20/h3-16,23-24H,17H2,1-2H3/t23-,24-/m0/s1. The van der Waals surface area contributed by atoms with Gasteiger partial charge in [0, 0.05) is 11.8 Å². The summed E-state index contributed by atoms with van der Waals surface area (Å²) in [5.41, 5.74) is 8.75. The Bertz CT molecular complexity index is 1020. The highest BCUT2D eigenvalue weighted by Crippen LogP contribution is 2.50. The maximum Gasteiger partial charge on any atom is 0.0107 e. The maximum absolute atomic E-state index is 2.30. The Morgan fingerprint density at radius 1 is 0.556 bits per heavy atom. The van der Waals surface area contributed by atoms with Crippen molar-refractivity contribution in [1.29, 1.82) is 0 Å². The molecule has 0 fully saturated rings. The summed E-state index contributed by atoms with van der Waals surface area (Å²) < 4.78 is 0. The number of benzene rings is 4. The molecule has 132 valence electrons. The van der Waals surface area contributed by atoms with Crippen LogP contribution >= 0.6 is 0 Å². The summed E-state index contributed by atoms with van der Waals surface area (Å²) in [5.74, 6) is 0.879. The molecule has 0 bridgehead atoms. The van der Waals surface area contributed by atoms with E-state index in [-0.39, 0.29) is 0 Å². The van der Waals surface area contributed by atoms with Crippen molar-refractivity contribution in [3.05, 3.63) is 118 Å². The van der Waals surface area contributed by atoms with E-state index in [9.17, 15) is 0 Å². The van der Waals surface area contributed by atoms with E-state index < -0.39 is 0 Å². The zero-order valence-corrected chi connectivity index (χ0v) is 15.9. The van der Waals surface area contributed by atoms with E-state index in [1.54, 1.807) is 0 Å². The molecule has 0 amide bonds. The average molecular weight is 348 g/mol. The largest absolute Gasteiger partial charge is 0.0622 e. The van der Waals surface area contributed by atoms with Crippen LogP contribution < -0.4 is 0 Å². The molecule has 0 nitrogen and oxygen atoms in total. The van der Waals surface area contributed by atoms with E-state index in [1.807, 2.05) is 0 Å². The quantitative estimate of drug-likeness (QED) is 0.361. The first kappa shape index (κ1) is 16.3. The van der Waals surface area contributed by atoms with E-state index in [0.29, 0.717) is 11.8 Å². The first-order valence-electron chi connectivity index (χ1n) is 9.86. The topological polar surface area (TPSA) is 0 Å². The van der Waals surface area contributed by atoms with Crippen molar-refractivity contribution in [1.82, 2.24) is 0 Å². The summed E-state index contributed by atoms with van der Waals surface area (Å²) in [6, 6.07) is 31.3. The molecule has 4 aromatic rings. The van der Waals surface area contributed by atoms with Crippen molar-refractivity contribution in [2.75, 3.05) is 0 Å². The minimum atomic E-state index is 0.439. The molecule has 0 unspecified atom stereocenters. The predicted molar refractivity (Wildman–Crippen MR) is 115 cm³/mol. The van der Waals surface area contributed by atoms with Crippen LogP contribution in [0.3, 0.4) is 0 Å². The molecule has 27 heavy (non-hydrogen) atoms. The van der Waals surface area contributed by atoms with Crippen molar-refractivity contribution in [3.63, 3.8) is 0 Å². The normalized spacial score (nSPS) is 18.6. The van der Waals surface area contributed by atoms with Gasteiger partial charge in [-0.15, -0.1) is 0 Å². The summed E-state index contributed by atoms with van der Waals surface area (Å²) in [6.45, 7) is 4.55. The summed E-state index contributed by atoms with van der Waals surface area (Å²) in [6.07, 6.45) is 1.13. The van der Waals surface area contributed by atoms with Crippen molar-refractivity contribution in [2.24, 2.45) is 0 Å². The molecule has 0 heterocycles. The smallest absolute Gasteiger partial charge is 0.0107 e. The fourth-order valence-corrected chi connectivity index (χ4v) is 5.03. The molecule has 0 saturated heterocycles. The molecule has 0 aromatic heterocycles. The summed E-state index contributed by atoms with van der Waals surface area (Å²) in [5, 5.41) is 2.86. The summed E-state index contributed by atoms with van der Waals surface area (Å²) >= 11 is 0. The molecule has 1 aliphatic carbocycles. The van der Waals surface area contributed by atoms with Crippen LogP contribution in [0.4, 0.5) is 0 Å². The molecule has 1 aliphatic rings. The van der Waals surface area contributed by atoms with Gasteiger partial charge in [-0.25, -0.2) is 0 Å². The summed E-state index contributed by atoms with van der Waals surface area (Å²) in [7, 11) is 0. The molecule has 0 spiro atoms. The van der Waals surface area contributed by atoms with Crippen molar-refractivity contribution < 1.29 is 0 Å². The van der Waals surface area contributed by atoms with Gasteiger partial charge in [0.05, 0.1) is 0 Å². The lowest BCUT2D eigenvalue weighted by Crippen LogP contribution is -2.18. The third kappa shape index (κ3) is 2.59. The fraction of sp³-hybridized carbons (Fsp3) is 0.185. The second kappa shape index (κ2) is 6.39. The van der Waals surface area contributed by atoms with Crippen LogP contribution in [-0.4, -0.2) is 0 Å². The van der Waals surface area contributed by atoms with Gasteiger partial charge in [-0.3, -0.25) is 0 Å². The second-order valence-electron chi connectivity index (χ2n) is 7.85. The molecule has 4 aromatic carbocycles. The number of hydrogen-bond acceptors (Lipinski definition) is 0. The van der Waals surface area contributed by atoms with Crippen molar-refractivity contribution in [2.45, 2.75) is 32.1 Å². The minimum absolute atomic E-state index is 0.439. The van der Waals surface area contributed by atoms with Crippen LogP contribution in [0.1, 0.15) is 51.6 Å². The third-order valence-electron chi connectivity index (χ3n) is 6.28. The van der Waals surface area contributed by atoms with E-state index >= 15 is 0 Å². The van der Waals surface area contributed by atoms with Gasteiger partial charge in [-0.1, -0.05) is 84.9 Å². The van der Waals surface area contributed by atoms with Gasteiger partial charge >= 0.3 is 0 Å². The van der Waals surface area contributed by atoms with Gasteiger partial charge in [0.1, 0.15) is 0 Å². The zero-order valence-electron chi connectivity index (χ0n) is 15.9. The fourth-order valence-electron chi connectivity index (χ4n) is 5.03. The lowest BCUT2D eigenvalue weighted by molar-refractivity contribution is 0.628. The SMILES string of the molecule is Cc1ccc2ccc(C)c3c2c1[C@H](c1ccccc1)C[C@H]3c1ccccc1. The Kier molecular flexibility index (Phi) is 3.86. The number of aryl methyl sites for hydroxylation is 2. The van der Waals surface area contributed by atoms with Gasteiger partial charge in [0.2, 0.25) is 0 Å². The molecule has 0 radical (unpaired) electrons. The maximum atomic E-state index is 2.30. The monoisotopic (exact) mass is 348 g/mol. The van der Waals surface area contributed by atoms with Crippen LogP contribution in [0.15, 0.2) is 84.9 Å². The predicted octanol–water partition coefficient (Wildman–Crippen LogP) is 7.12. The van der Waals surface area contributed by atoms with Crippen LogP contribution in [-0.2, 0) is 0 Å². The lowest BCUT2D eigenvalue weighted by atomic mass is 9.68. The third-order valence-corrected chi connectivity index (χ3v) is 6.28. The number of rotatable bonds is 2. The van der Waals surface area contributed by atoms with Crippen LogP contribution in [0, 0.1) is 13.8 Å². The first-order valence-corrected chi connectivity index (χ1v) is 9.86. The zero-order chi connectivity index (χ0) is 18.4. The molecule has 0 N–H and O–H groups in total. The number of hydrogen-bond donors (Lipinski definition) is 0. The molecule has 0 saturated carbocycles. The molecular formula is C27H24. The molecular weight excluding hydrogens is 324 g/mol. The van der Waals surface area contributed by atoms with Crippen LogP contribution in [0.5, 0.6) is 0 Å². The van der Waals surface area contributed by atoms with Gasteiger partial charge in [-0.2, -0.15) is 0 Å². The summed E-state index contributed by atoms with van der Waals surface area (Å²) in [4.78, 5) is 0. The van der Waals surface area contributed by atoms with E-state index in [2.05, 4.69) is 98.8 Å². The first-order chi connectivity index (χ1) is 13.2. The van der Waals surface area contributed by atoms with Crippen LogP contribution in [0.25, 0.3) is 10.8 Å². The van der Waals surface area contributed by atoms with Gasteiger partial charge in [0.15, 0.2) is 0 Å². The van der Waals surface area contributed by atoms with Gasteiger partial charge in [-0.05, 0) is 64.4 Å². The Labute approximate surface area is 161 Å². The second-order valence-corrected chi connectivity index (χ2v) is 7.85. The van der Waals surface area contributed by atoms with Gasteiger partial charge in [0.25, 0.3) is 0 Å².